The van der Waals surface area contributed by atoms with E-state index in [9.17, 15) is 9.59 Å². The summed E-state index contributed by atoms with van der Waals surface area (Å²) in [6.45, 7) is -0.220. The van der Waals surface area contributed by atoms with Crippen molar-refractivity contribution in [3.05, 3.63) is 24.3 Å². The molecule has 0 aliphatic heterocycles. The van der Waals surface area contributed by atoms with Crippen molar-refractivity contribution in [2.75, 3.05) is 18.4 Å². The van der Waals surface area contributed by atoms with Crippen LogP contribution < -0.4 is 21.1 Å². The van der Waals surface area contributed by atoms with Gasteiger partial charge in [0.2, 0.25) is 11.8 Å². The molecule has 1 aromatic carbocycles. The lowest BCUT2D eigenvalue weighted by Crippen LogP contribution is -2.36. The normalized spacial score (nSPS) is 14.7. The number of amides is 2. The lowest BCUT2D eigenvalue weighted by Gasteiger charge is -2.14. The van der Waals surface area contributed by atoms with Crippen molar-refractivity contribution < 1.29 is 14.3 Å². The molecular formula is C15H21N3O3. The van der Waals surface area contributed by atoms with E-state index in [4.69, 9.17) is 10.5 Å². The highest BCUT2D eigenvalue weighted by atomic mass is 16.5. The molecule has 0 bridgehead atoms. The van der Waals surface area contributed by atoms with E-state index in [2.05, 4.69) is 10.6 Å². The van der Waals surface area contributed by atoms with Crippen molar-refractivity contribution in [2.24, 2.45) is 5.73 Å². The van der Waals surface area contributed by atoms with Crippen LogP contribution in [0.25, 0.3) is 0 Å². The number of hydrogen-bond donors (Lipinski definition) is 3. The highest BCUT2D eigenvalue weighted by Crippen LogP contribution is 2.25. The van der Waals surface area contributed by atoms with Gasteiger partial charge in [-0.05, 0) is 37.8 Å². The molecule has 21 heavy (non-hydrogen) atoms. The third-order valence-corrected chi connectivity index (χ3v) is 3.35. The van der Waals surface area contributed by atoms with Gasteiger partial charge < -0.3 is 21.1 Å². The first-order chi connectivity index (χ1) is 10.2. The lowest BCUT2D eigenvalue weighted by molar-refractivity contribution is -0.123. The van der Waals surface area contributed by atoms with Crippen LogP contribution in [0.3, 0.4) is 0 Å². The van der Waals surface area contributed by atoms with Gasteiger partial charge in [0.1, 0.15) is 5.75 Å². The van der Waals surface area contributed by atoms with Gasteiger partial charge >= 0.3 is 0 Å². The van der Waals surface area contributed by atoms with E-state index in [0.29, 0.717) is 5.69 Å². The summed E-state index contributed by atoms with van der Waals surface area (Å²) < 4.78 is 5.88. The zero-order chi connectivity index (χ0) is 15.1. The van der Waals surface area contributed by atoms with Crippen molar-refractivity contribution in [2.45, 2.75) is 31.8 Å². The van der Waals surface area contributed by atoms with Crippen LogP contribution >= 0.6 is 0 Å². The summed E-state index contributed by atoms with van der Waals surface area (Å²) in [5.74, 6) is 0.101. The topological polar surface area (TPSA) is 93.5 Å². The molecular weight excluding hydrogens is 270 g/mol. The molecule has 0 radical (unpaired) electrons. The third kappa shape index (κ3) is 5.07. The molecule has 6 heteroatoms. The van der Waals surface area contributed by atoms with Crippen LogP contribution in [0.1, 0.15) is 25.7 Å². The minimum atomic E-state index is -0.358. The second-order valence-electron chi connectivity index (χ2n) is 5.08. The van der Waals surface area contributed by atoms with Gasteiger partial charge in [-0.1, -0.05) is 6.07 Å². The molecule has 0 heterocycles. The van der Waals surface area contributed by atoms with Gasteiger partial charge in [-0.2, -0.15) is 0 Å². The highest BCUT2D eigenvalue weighted by molar-refractivity contribution is 5.94. The summed E-state index contributed by atoms with van der Waals surface area (Å²) in [5.41, 5.74) is 5.80. The Bertz CT molecular complexity index is 499. The van der Waals surface area contributed by atoms with Crippen molar-refractivity contribution in [1.29, 1.82) is 0 Å². The molecule has 6 nitrogen and oxygen atoms in total. The average Bonchev–Trinajstić information content (AvgIpc) is 2.98. The smallest absolute Gasteiger partial charge is 0.243 e. The Morgan fingerprint density at radius 2 is 2.00 bits per heavy atom. The predicted molar refractivity (Wildman–Crippen MR) is 80.0 cm³/mol. The molecule has 0 atom stereocenters. The van der Waals surface area contributed by atoms with Crippen molar-refractivity contribution in [3.8, 4) is 5.75 Å². The molecule has 2 amide bonds. The van der Waals surface area contributed by atoms with Gasteiger partial charge in [-0.3, -0.25) is 9.59 Å². The Morgan fingerprint density at radius 3 is 2.71 bits per heavy atom. The Morgan fingerprint density at radius 1 is 1.24 bits per heavy atom. The predicted octanol–water partition coefficient (Wildman–Crippen LogP) is 1.02. The second kappa shape index (κ2) is 7.64. The van der Waals surface area contributed by atoms with Gasteiger partial charge in [-0.15, -0.1) is 0 Å². The van der Waals surface area contributed by atoms with Crippen molar-refractivity contribution >= 4 is 17.5 Å². The monoisotopic (exact) mass is 291 g/mol. The molecule has 0 aromatic heterocycles. The van der Waals surface area contributed by atoms with Gasteiger partial charge in [0.05, 0.1) is 19.2 Å². The van der Waals surface area contributed by atoms with Crippen LogP contribution in [-0.4, -0.2) is 31.0 Å². The number of anilines is 1. The number of nitrogens with one attached hydrogen (secondary N) is 2. The number of benzene rings is 1. The third-order valence-electron chi connectivity index (χ3n) is 3.35. The second-order valence-corrected chi connectivity index (χ2v) is 5.08. The quantitative estimate of drug-likeness (QED) is 0.729. The van der Waals surface area contributed by atoms with E-state index >= 15 is 0 Å². The van der Waals surface area contributed by atoms with Crippen molar-refractivity contribution in [1.82, 2.24) is 5.32 Å². The average molecular weight is 291 g/mol. The standard InChI is InChI=1S/C15H21N3O3/c16-9-14(19)17-10-15(20)18-11-4-3-7-13(8-11)21-12-5-1-2-6-12/h3-4,7-8,12H,1-2,5-6,9-10,16H2,(H,17,19)(H,18,20). The summed E-state index contributed by atoms with van der Waals surface area (Å²) in [5, 5.41) is 5.13. The minimum absolute atomic E-state index is 0.0935. The summed E-state index contributed by atoms with van der Waals surface area (Å²) in [4.78, 5) is 22.7. The first-order valence-electron chi connectivity index (χ1n) is 7.20. The fourth-order valence-corrected chi connectivity index (χ4v) is 2.30. The summed E-state index contributed by atoms with van der Waals surface area (Å²) in [6.07, 6.45) is 4.87. The zero-order valence-electron chi connectivity index (χ0n) is 11.9. The Hall–Kier alpha value is -2.08. The molecule has 0 unspecified atom stereocenters. The van der Waals surface area contributed by atoms with E-state index in [1.165, 1.54) is 12.8 Å². The maximum atomic E-state index is 11.7. The molecule has 1 aromatic rings. The van der Waals surface area contributed by atoms with E-state index in [1.54, 1.807) is 12.1 Å². The number of ether oxygens (including phenoxy) is 1. The zero-order valence-corrected chi connectivity index (χ0v) is 11.9. The van der Waals surface area contributed by atoms with E-state index in [1.807, 2.05) is 12.1 Å². The molecule has 0 saturated heterocycles. The van der Waals surface area contributed by atoms with Crippen LogP contribution in [-0.2, 0) is 9.59 Å². The minimum Gasteiger partial charge on any atom is -0.490 e. The molecule has 1 saturated carbocycles. The lowest BCUT2D eigenvalue weighted by atomic mass is 10.2. The number of nitrogens with two attached hydrogens (primary N) is 1. The van der Waals surface area contributed by atoms with Crippen molar-refractivity contribution in [3.63, 3.8) is 0 Å². The molecule has 2 rings (SSSR count). The molecule has 4 N–H and O–H groups in total. The molecule has 0 spiro atoms. The van der Waals surface area contributed by atoms with E-state index in [0.717, 1.165) is 18.6 Å². The Labute approximate surface area is 124 Å². The fourth-order valence-electron chi connectivity index (χ4n) is 2.30. The Balaban J connectivity index is 1.85. The number of carbonyl (C=O) groups is 2. The molecule has 1 aliphatic rings. The summed E-state index contributed by atoms with van der Waals surface area (Å²) in [6, 6.07) is 7.29. The van der Waals surface area contributed by atoms with E-state index < -0.39 is 0 Å². The van der Waals surface area contributed by atoms with Crippen LogP contribution in [0.15, 0.2) is 24.3 Å². The van der Waals surface area contributed by atoms with Gasteiger partial charge in [0.25, 0.3) is 0 Å². The van der Waals surface area contributed by atoms with Gasteiger partial charge in [-0.25, -0.2) is 0 Å². The first kappa shape index (κ1) is 15.3. The number of hydrogen-bond acceptors (Lipinski definition) is 4. The fraction of sp³-hybridized carbons (Fsp3) is 0.467. The molecule has 1 fully saturated rings. The first-order valence-corrected chi connectivity index (χ1v) is 7.20. The maximum absolute atomic E-state index is 11.7. The van der Waals surface area contributed by atoms with Crippen LogP contribution in [0, 0.1) is 0 Å². The van der Waals surface area contributed by atoms with Crippen LogP contribution in [0.4, 0.5) is 5.69 Å². The summed E-state index contributed by atoms with van der Waals surface area (Å²) >= 11 is 0. The molecule has 114 valence electrons. The Kier molecular flexibility index (Phi) is 5.57. The number of carbonyl (C=O) groups excluding carboxylic acids is 2. The largest absolute Gasteiger partial charge is 0.490 e. The van der Waals surface area contributed by atoms with Gasteiger partial charge in [0, 0.05) is 11.8 Å². The highest BCUT2D eigenvalue weighted by Gasteiger charge is 2.16. The van der Waals surface area contributed by atoms with Gasteiger partial charge in [0.15, 0.2) is 0 Å². The molecule has 1 aliphatic carbocycles. The SMILES string of the molecule is NCC(=O)NCC(=O)Nc1cccc(OC2CCCC2)c1. The summed E-state index contributed by atoms with van der Waals surface area (Å²) in [7, 11) is 0. The van der Waals surface area contributed by atoms with Crippen LogP contribution in [0.2, 0.25) is 0 Å². The van der Waals surface area contributed by atoms with E-state index in [-0.39, 0.29) is 31.0 Å². The van der Waals surface area contributed by atoms with Crippen LogP contribution in [0.5, 0.6) is 5.75 Å². The number of rotatable bonds is 6. The maximum Gasteiger partial charge on any atom is 0.243 e.